The molecule has 0 spiro atoms. The van der Waals surface area contributed by atoms with Crippen molar-refractivity contribution in [2.75, 3.05) is 5.48 Å². The Morgan fingerprint density at radius 1 is 1.00 bits per heavy atom. The lowest BCUT2D eigenvalue weighted by Crippen LogP contribution is -2.10. The number of nitrogens with one attached hydrogen (secondary N) is 1. The lowest BCUT2D eigenvalue weighted by Gasteiger charge is -2.12. The Morgan fingerprint density at radius 3 is 2.43 bits per heavy atom. The van der Waals surface area contributed by atoms with Crippen LogP contribution in [0.5, 0.6) is 5.75 Å². The summed E-state index contributed by atoms with van der Waals surface area (Å²) in [7, 11) is 0. The Kier molecular flexibility index (Phi) is 4.37. The first-order valence-electron chi connectivity index (χ1n) is 6.20. The van der Waals surface area contributed by atoms with Crippen LogP contribution in [0.4, 0.5) is 18.9 Å². The van der Waals surface area contributed by atoms with Crippen molar-refractivity contribution in [3.8, 4) is 5.75 Å². The Bertz CT molecular complexity index is 627. The third-order valence-corrected chi connectivity index (χ3v) is 2.83. The molecule has 0 amide bonds. The third kappa shape index (κ3) is 4.13. The van der Waals surface area contributed by atoms with Crippen LogP contribution in [0.2, 0.25) is 0 Å². The number of aryl methyl sites for hydroxylation is 2. The highest BCUT2D eigenvalue weighted by molar-refractivity contribution is 5.47. The van der Waals surface area contributed by atoms with E-state index in [0.29, 0.717) is 5.75 Å². The second-order valence-corrected chi connectivity index (χ2v) is 4.61. The largest absolute Gasteiger partial charge is 0.416 e. The van der Waals surface area contributed by atoms with Gasteiger partial charge in [0, 0.05) is 0 Å². The maximum absolute atomic E-state index is 12.8. The molecule has 112 valence electrons. The maximum Gasteiger partial charge on any atom is 0.416 e. The van der Waals surface area contributed by atoms with E-state index < -0.39 is 11.7 Å². The predicted octanol–water partition coefficient (Wildman–Crippen LogP) is 4.66. The third-order valence-electron chi connectivity index (χ3n) is 2.83. The zero-order valence-electron chi connectivity index (χ0n) is 11.5. The van der Waals surface area contributed by atoms with Crippen molar-refractivity contribution in [2.24, 2.45) is 0 Å². The molecule has 0 heterocycles. The van der Waals surface area contributed by atoms with Crippen LogP contribution in [-0.4, -0.2) is 0 Å². The Hall–Kier alpha value is -2.21. The molecule has 6 heteroatoms. The molecule has 0 aliphatic rings. The van der Waals surface area contributed by atoms with Crippen molar-refractivity contribution in [3.63, 3.8) is 0 Å². The van der Waals surface area contributed by atoms with E-state index >= 15 is 0 Å². The molecule has 0 bridgehead atoms. The minimum absolute atomic E-state index is 0.146. The van der Waals surface area contributed by atoms with E-state index in [1.54, 1.807) is 18.2 Å². The van der Waals surface area contributed by atoms with Gasteiger partial charge in [0.15, 0.2) is 5.75 Å². The highest BCUT2D eigenvalue weighted by atomic mass is 19.4. The van der Waals surface area contributed by atoms with E-state index in [1.165, 1.54) is 19.1 Å². The molecule has 0 aliphatic heterocycles. The SMILES string of the molecule is Cc1cccc(OONc2ccc(C)c(C(F)(F)F)c2)c1. The van der Waals surface area contributed by atoms with Crippen LogP contribution in [-0.2, 0) is 11.2 Å². The van der Waals surface area contributed by atoms with Gasteiger partial charge in [-0.2, -0.15) is 13.2 Å². The smallest absolute Gasteiger partial charge is 0.314 e. The van der Waals surface area contributed by atoms with Gasteiger partial charge >= 0.3 is 6.18 Å². The average Bonchev–Trinajstić information content (AvgIpc) is 2.39. The molecular weight excluding hydrogens is 283 g/mol. The van der Waals surface area contributed by atoms with E-state index in [9.17, 15) is 13.2 Å². The van der Waals surface area contributed by atoms with Crippen molar-refractivity contribution in [1.82, 2.24) is 0 Å². The number of benzene rings is 2. The fourth-order valence-corrected chi connectivity index (χ4v) is 1.78. The molecule has 2 aromatic carbocycles. The summed E-state index contributed by atoms with van der Waals surface area (Å²) in [4.78, 5) is 9.71. The Morgan fingerprint density at radius 2 is 1.76 bits per heavy atom. The molecule has 21 heavy (non-hydrogen) atoms. The van der Waals surface area contributed by atoms with E-state index in [1.807, 2.05) is 13.0 Å². The molecule has 2 aromatic rings. The highest BCUT2D eigenvalue weighted by Crippen LogP contribution is 2.33. The number of halogens is 3. The molecule has 0 radical (unpaired) electrons. The summed E-state index contributed by atoms with van der Waals surface area (Å²) < 4.78 is 38.3. The normalized spacial score (nSPS) is 11.3. The molecular formula is C15H14F3NO2. The molecule has 0 aliphatic carbocycles. The second-order valence-electron chi connectivity index (χ2n) is 4.61. The van der Waals surface area contributed by atoms with Crippen LogP contribution >= 0.6 is 0 Å². The van der Waals surface area contributed by atoms with E-state index in [2.05, 4.69) is 5.48 Å². The first kappa shape index (κ1) is 15.2. The van der Waals surface area contributed by atoms with Crippen LogP contribution in [0.1, 0.15) is 16.7 Å². The lowest BCUT2D eigenvalue weighted by atomic mass is 10.1. The standard InChI is InChI=1S/C15H14F3NO2/c1-10-4-3-5-13(8-10)20-21-19-12-7-6-11(2)14(9-12)15(16,17)18/h3-9,19H,1-2H3. The zero-order chi connectivity index (χ0) is 15.5. The fourth-order valence-electron chi connectivity index (χ4n) is 1.78. The molecule has 3 nitrogen and oxygen atoms in total. The van der Waals surface area contributed by atoms with Crippen molar-refractivity contribution < 1.29 is 23.0 Å². The summed E-state index contributed by atoms with van der Waals surface area (Å²) in [6, 6.07) is 10.9. The van der Waals surface area contributed by atoms with Crippen molar-refractivity contribution in [1.29, 1.82) is 0 Å². The van der Waals surface area contributed by atoms with Crippen LogP contribution in [0.15, 0.2) is 42.5 Å². The van der Waals surface area contributed by atoms with Crippen LogP contribution in [0.25, 0.3) is 0 Å². The number of hydrogen-bond donors (Lipinski definition) is 1. The fraction of sp³-hybridized carbons (Fsp3) is 0.200. The van der Waals surface area contributed by atoms with Gasteiger partial charge in [-0.15, -0.1) is 0 Å². The molecule has 0 fully saturated rings. The molecule has 0 aromatic heterocycles. The number of hydrogen-bond acceptors (Lipinski definition) is 3. The van der Waals surface area contributed by atoms with Gasteiger partial charge in [0.05, 0.1) is 11.3 Å². The Balaban J connectivity index is 2.01. The molecule has 0 atom stereocenters. The van der Waals surface area contributed by atoms with Crippen LogP contribution in [0, 0.1) is 13.8 Å². The summed E-state index contributed by atoms with van der Waals surface area (Å²) in [6.07, 6.45) is -4.40. The first-order valence-corrected chi connectivity index (χ1v) is 6.20. The van der Waals surface area contributed by atoms with Crippen molar-refractivity contribution in [2.45, 2.75) is 20.0 Å². The molecule has 1 N–H and O–H groups in total. The predicted molar refractivity (Wildman–Crippen MR) is 72.7 cm³/mol. The average molecular weight is 297 g/mol. The summed E-state index contributed by atoms with van der Waals surface area (Å²) >= 11 is 0. The topological polar surface area (TPSA) is 30.5 Å². The minimum Gasteiger partial charge on any atom is -0.314 e. The van der Waals surface area contributed by atoms with Gasteiger partial charge in [-0.05, 0) is 49.2 Å². The maximum atomic E-state index is 12.8. The van der Waals surface area contributed by atoms with Crippen LogP contribution in [0.3, 0.4) is 0 Å². The van der Waals surface area contributed by atoms with Gasteiger partial charge in [-0.25, -0.2) is 5.48 Å². The van der Waals surface area contributed by atoms with E-state index in [-0.39, 0.29) is 11.3 Å². The molecule has 2 rings (SSSR count). The molecule has 0 unspecified atom stereocenters. The van der Waals surface area contributed by atoms with Crippen LogP contribution < -0.4 is 10.4 Å². The summed E-state index contributed by atoms with van der Waals surface area (Å²) in [5.74, 6) is 0.450. The monoisotopic (exact) mass is 297 g/mol. The van der Waals surface area contributed by atoms with E-state index in [0.717, 1.165) is 11.6 Å². The summed E-state index contributed by atoms with van der Waals surface area (Å²) in [6.45, 7) is 3.28. The summed E-state index contributed by atoms with van der Waals surface area (Å²) in [5.41, 5.74) is 2.89. The van der Waals surface area contributed by atoms with Gasteiger partial charge in [-0.3, -0.25) is 0 Å². The molecule has 0 saturated carbocycles. The number of anilines is 1. The van der Waals surface area contributed by atoms with Gasteiger partial charge < -0.3 is 4.89 Å². The highest BCUT2D eigenvalue weighted by Gasteiger charge is 2.32. The van der Waals surface area contributed by atoms with Crippen molar-refractivity contribution >= 4 is 5.69 Å². The quantitative estimate of drug-likeness (QED) is 0.657. The van der Waals surface area contributed by atoms with Gasteiger partial charge in [0.25, 0.3) is 0 Å². The number of rotatable bonds is 4. The van der Waals surface area contributed by atoms with Crippen molar-refractivity contribution in [3.05, 3.63) is 59.2 Å². The molecule has 0 saturated heterocycles. The van der Waals surface area contributed by atoms with Gasteiger partial charge in [-0.1, -0.05) is 23.2 Å². The Labute approximate surface area is 120 Å². The minimum atomic E-state index is -4.40. The number of alkyl halides is 3. The first-order chi connectivity index (χ1) is 9.86. The second kappa shape index (κ2) is 6.05. The zero-order valence-corrected chi connectivity index (χ0v) is 11.5. The van der Waals surface area contributed by atoms with E-state index in [4.69, 9.17) is 9.88 Å². The van der Waals surface area contributed by atoms with Gasteiger partial charge in [0.1, 0.15) is 0 Å². The summed E-state index contributed by atoms with van der Waals surface area (Å²) in [5, 5.41) is 0. The van der Waals surface area contributed by atoms with Gasteiger partial charge in [0.2, 0.25) is 0 Å². The lowest BCUT2D eigenvalue weighted by molar-refractivity contribution is -0.179.